The first-order valence-electron chi connectivity index (χ1n) is 4.84. The number of aryl methyl sites for hydroxylation is 2. The first kappa shape index (κ1) is 10.8. The maximum Gasteiger partial charge on any atom is 0.124 e. The second kappa shape index (κ2) is 4.32. The number of ether oxygens (including phenoxy) is 1. The SMILES string of the molecule is COc1c(C)cc(C=C(C)C)cc1C. The van der Waals surface area contributed by atoms with Gasteiger partial charge >= 0.3 is 0 Å². The van der Waals surface area contributed by atoms with Gasteiger partial charge in [-0.2, -0.15) is 0 Å². The molecule has 14 heavy (non-hydrogen) atoms. The summed E-state index contributed by atoms with van der Waals surface area (Å²) in [7, 11) is 1.72. The number of hydrogen-bond donors (Lipinski definition) is 0. The van der Waals surface area contributed by atoms with Crippen LogP contribution in [-0.2, 0) is 0 Å². The lowest BCUT2D eigenvalue weighted by molar-refractivity contribution is 0.408. The molecule has 1 aromatic rings. The Kier molecular flexibility index (Phi) is 3.34. The lowest BCUT2D eigenvalue weighted by Crippen LogP contribution is -1.91. The summed E-state index contributed by atoms with van der Waals surface area (Å²) < 4.78 is 5.32. The molecule has 0 fully saturated rings. The minimum Gasteiger partial charge on any atom is -0.496 e. The van der Waals surface area contributed by atoms with Gasteiger partial charge in [-0.1, -0.05) is 11.6 Å². The van der Waals surface area contributed by atoms with Crippen LogP contribution in [0.4, 0.5) is 0 Å². The van der Waals surface area contributed by atoms with Crippen LogP contribution in [-0.4, -0.2) is 7.11 Å². The molecule has 0 aliphatic heterocycles. The third-order valence-corrected chi connectivity index (χ3v) is 2.14. The Morgan fingerprint density at radius 1 is 1.14 bits per heavy atom. The molecule has 1 rings (SSSR count). The Bertz CT molecular complexity index is 334. The summed E-state index contributed by atoms with van der Waals surface area (Å²) in [5.74, 6) is 0.996. The molecule has 0 N–H and O–H groups in total. The Labute approximate surface area is 86.4 Å². The Morgan fingerprint density at radius 2 is 1.64 bits per heavy atom. The van der Waals surface area contributed by atoms with Gasteiger partial charge in [-0.3, -0.25) is 0 Å². The summed E-state index contributed by atoms with van der Waals surface area (Å²) in [4.78, 5) is 0. The van der Waals surface area contributed by atoms with E-state index < -0.39 is 0 Å². The molecule has 1 heteroatoms. The van der Waals surface area contributed by atoms with E-state index in [1.165, 1.54) is 22.3 Å². The maximum absolute atomic E-state index is 5.32. The molecule has 0 saturated heterocycles. The van der Waals surface area contributed by atoms with Crippen LogP contribution < -0.4 is 4.74 Å². The van der Waals surface area contributed by atoms with Crippen LogP contribution in [0.1, 0.15) is 30.5 Å². The molecule has 0 aliphatic carbocycles. The van der Waals surface area contributed by atoms with Gasteiger partial charge in [-0.15, -0.1) is 0 Å². The van der Waals surface area contributed by atoms with Crippen LogP contribution in [0, 0.1) is 13.8 Å². The monoisotopic (exact) mass is 190 g/mol. The Morgan fingerprint density at radius 3 is 2.00 bits per heavy atom. The maximum atomic E-state index is 5.32. The highest BCUT2D eigenvalue weighted by atomic mass is 16.5. The molecule has 0 spiro atoms. The van der Waals surface area contributed by atoms with Gasteiger partial charge in [0, 0.05) is 0 Å². The molecule has 76 valence electrons. The van der Waals surface area contributed by atoms with Gasteiger partial charge in [-0.05, 0) is 56.5 Å². The fourth-order valence-electron chi connectivity index (χ4n) is 1.72. The number of allylic oxidation sites excluding steroid dienone is 1. The molecular weight excluding hydrogens is 172 g/mol. The van der Waals surface area contributed by atoms with Gasteiger partial charge in [0.05, 0.1) is 7.11 Å². The molecule has 0 radical (unpaired) electrons. The van der Waals surface area contributed by atoms with E-state index in [2.05, 4.69) is 45.9 Å². The second-order valence-corrected chi connectivity index (χ2v) is 3.91. The van der Waals surface area contributed by atoms with Gasteiger partial charge in [-0.25, -0.2) is 0 Å². The molecule has 0 amide bonds. The molecule has 0 aromatic heterocycles. The van der Waals surface area contributed by atoms with E-state index in [0.29, 0.717) is 0 Å². The molecule has 0 aliphatic rings. The fourth-order valence-corrected chi connectivity index (χ4v) is 1.72. The van der Waals surface area contributed by atoms with Crippen molar-refractivity contribution in [1.29, 1.82) is 0 Å². The lowest BCUT2D eigenvalue weighted by Gasteiger charge is -2.09. The van der Waals surface area contributed by atoms with Crippen LogP contribution in [0.5, 0.6) is 5.75 Å². The predicted molar refractivity (Wildman–Crippen MR) is 61.8 cm³/mol. The third-order valence-electron chi connectivity index (χ3n) is 2.14. The molecule has 0 atom stereocenters. The smallest absolute Gasteiger partial charge is 0.124 e. The van der Waals surface area contributed by atoms with Crippen molar-refractivity contribution < 1.29 is 4.74 Å². The van der Waals surface area contributed by atoms with E-state index >= 15 is 0 Å². The van der Waals surface area contributed by atoms with Gasteiger partial charge in [0.2, 0.25) is 0 Å². The zero-order chi connectivity index (χ0) is 10.7. The van der Waals surface area contributed by atoms with E-state index in [-0.39, 0.29) is 0 Å². The third kappa shape index (κ3) is 2.38. The summed E-state index contributed by atoms with van der Waals surface area (Å²) in [6.07, 6.45) is 2.18. The highest BCUT2D eigenvalue weighted by Gasteiger charge is 2.03. The molecule has 0 unspecified atom stereocenters. The zero-order valence-electron chi connectivity index (χ0n) is 9.64. The van der Waals surface area contributed by atoms with Crippen molar-refractivity contribution in [2.24, 2.45) is 0 Å². The van der Waals surface area contributed by atoms with Gasteiger partial charge in [0.15, 0.2) is 0 Å². The molecular formula is C13H18O. The number of hydrogen-bond acceptors (Lipinski definition) is 1. The summed E-state index contributed by atoms with van der Waals surface area (Å²) in [5, 5.41) is 0. The topological polar surface area (TPSA) is 9.23 Å². The molecule has 0 bridgehead atoms. The zero-order valence-corrected chi connectivity index (χ0v) is 9.64. The van der Waals surface area contributed by atoms with Crippen LogP contribution in [0.3, 0.4) is 0 Å². The second-order valence-electron chi connectivity index (χ2n) is 3.91. The van der Waals surface area contributed by atoms with Crippen molar-refractivity contribution in [3.63, 3.8) is 0 Å². The molecule has 1 nitrogen and oxygen atoms in total. The lowest BCUT2D eigenvalue weighted by atomic mass is 10.0. The summed E-state index contributed by atoms with van der Waals surface area (Å²) in [6.45, 7) is 8.37. The standard InChI is InChI=1S/C13H18O/c1-9(2)6-12-7-10(3)13(14-5)11(4)8-12/h6-8H,1-5H3. The van der Waals surface area contributed by atoms with E-state index in [0.717, 1.165) is 5.75 Å². The Hall–Kier alpha value is -1.24. The summed E-state index contributed by atoms with van der Waals surface area (Å²) >= 11 is 0. The minimum atomic E-state index is 0.996. The van der Waals surface area contributed by atoms with Crippen molar-refractivity contribution >= 4 is 6.08 Å². The number of methoxy groups -OCH3 is 1. The summed E-state index contributed by atoms with van der Waals surface area (Å²) in [6, 6.07) is 4.30. The normalized spacial score (nSPS) is 9.79. The number of rotatable bonds is 2. The van der Waals surface area contributed by atoms with Gasteiger partial charge < -0.3 is 4.74 Å². The van der Waals surface area contributed by atoms with E-state index in [9.17, 15) is 0 Å². The minimum absolute atomic E-state index is 0.996. The van der Waals surface area contributed by atoms with Crippen molar-refractivity contribution in [2.45, 2.75) is 27.7 Å². The molecule has 1 aromatic carbocycles. The van der Waals surface area contributed by atoms with Crippen LogP contribution in [0.25, 0.3) is 6.08 Å². The average Bonchev–Trinajstić information content (AvgIpc) is 2.01. The van der Waals surface area contributed by atoms with Crippen LogP contribution >= 0.6 is 0 Å². The van der Waals surface area contributed by atoms with Crippen LogP contribution in [0.2, 0.25) is 0 Å². The van der Waals surface area contributed by atoms with Gasteiger partial charge in [0.1, 0.15) is 5.75 Å². The Balaban J connectivity index is 3.21. The quantitative estimate of drug-likeness (QED) is 0.690. The van der Waals surface area contributed by atoms with Crippen molar-refractivity contribution in [3.8, 4) is 5.75 Å². The first-order chi connectivity index (χ1) is 6.54. The summed E-state index contributed by atoms with van der Waals surface area (Å²) in [5.41, 5.74) is 4.95. The number of benzene rings is 1. The highest BCUT2D eigenvalue weighted by molar-refractivity contribution is 5.57. The molecule has 0 heterocycles. The van der Waals surface area contributed by atoms with Crippen molar-refractivity contribution in [1.82, 2.24) is 0 Å². The predicted octanol–water partition coefficient (Wildman–Crippen LogP) is 3.74. The van der Waals surface area contributed by atoms with Crippen LogP contribution in [0.15, 0.2) is 17.7 Å². The average molecular weight is 190 g/mol. The first-order valence-corrected chi connectivity index (χ1v) is 4.84. The van der Waals surface area contributed by atoms with E-state index in [4.69, 9.17) is 4.74 Å². The molecule has 0 saturated carbocycles. The van der Waals surface area contributed by atoms with E-state index in [1.54, 1.807) is 7.11 Å². The van der Waals surface area contributed by atoms with Crippen molar-refractivity contribution in [2.75, 3.05) is 7.11 Å². The van der Waals surface area contributed by atoms with Crippen molar-refractivity contribution in [3.05, 3.63) is 34.4 Å². The van der Waals surface area contributed by atoms with Gasteiger partial charge in [0.25, 0.3) is 0 Å². The highest BCUT2D eigenvalue weighted by Crippen LogP contribution is 2.25. The largest absolute Gasteiger partial charge is 0.496 e. The van der Waals surface area contributed by atoms with E-state index in [1.807, 2.05) is 0 Å². The fraction of sp³-hybridized carbons (Fsp3) is 0.385.